The molecule has 0 aromatic carbocycles. The van der Waals surface area contributed by atoms with Gasteiger partial charge >= 0.3 is 0 Å². The maximum absolute atomic E-state index is 4.59. The second-order valence-corrected chi connectivity index (χ2v) is 4.47. The second-order valence-electron chi connectivity index (χ2n) is 4.47. The van der Waals surface area contributed by atoms with E-state index in [1.165, 1.54) is 23.9 Å². The van der Waals surface area contributed by atoms with Gasteiger partial charge in [0.25, 0.3) is 0 Å². The topological polar surface area (TPSA) is 12.9 Å². The fourth-order valence-electron chi connectivity index (χ4n) is 2.08. The average molecular weight is 173 g/mol. The summed E-state index contributed by atoms with van der Waals surface area (Å²) in [7, 11) is 0. The molecule has 0 N–H and O–H groups in total. The Labute approximate surface area is 80.7 Å². The van der Waals surface area contributed by atoms with Crippen LogP contribution in [0, 0.1) is 6.92 Å². The predicted molar refractivity (Wildman–Crippen MR) is 57.2 cm³/mol. The first-order valence-electron chi connectivity index (χ1n) is 5.12. The number of nitrogens with zero attached hydrogens (tertiary/aromatic N) is 1. The molecule has 1 aliphatic rings. The molecule has 0 spiro atoms. The summed E-state index contributed by atoms with van der Waals surface area (Å²) in [5.74, 6) is 0.787. The van der Waals surface area contributed by atoms with E-state index in [1.807, 2.05) is 0 Å². The highest BCUT2D eigenvalue weighted by Crippen LogP contribution is 2.25. The summed E-state index contributed by atoms with van der Waals surface area (Å²) >= 11 is 0. The van der Waals surface area contributed by atoms with Crippen molar-refractivity contribution in [1.29, 1.82) is 0 Å². The van der Waals surface area contributed by atoms with E-state index < -0.39 is 0 Å². The maximum atomic E-state index is 4.59. The van der Waals surface area contributed by atoms with Crippen molar-refractivity contribution in [2.45, 2.75) is 39.2 Å². The van der Waals surface area contributed by atoms with Crippen molar-refractivity contribution in [3.05, 3.63) is 29.1 Å². The number of fused-ring (bicyclic) bond motifs is 1. The van der Waals surface area contributed by atoms with Crippen molar-refractivity contribution in [3.8, 4) is 0 Å². The van der Waals surface area contributed by atoms with E-state index in [9.17, 15) is 0 Å². The second kappa shape index (κ2) is 3.17. The third kappa shape index (κ3) is 1.62. The lowest BCUT2D eigenvalue weighted by Gasteiger charge is -2.07. The lowest BCUT2D eigenvalue weighted by atomic mass is 9.40. The molecule has 0 aliphatic carbocycles. The largest absolute Gasteiger partial charge is 0.259 e. The molecule has 0 unspecified atom stereocenters. The van der Waals surface area contributed by atoms with Gasteiger partial charge in [-0.1, -0.05) is 25.7 Å². The molecule has 1 nitrogen and oxygen atoms in total. The predicted octanol–water partition coefficient (Wildman–Crippen LogP) is 2.47. The Morgan fingerprint density at radius 3 is 2.77 bits per heavy atom. The number of pyridine rings is 1. The molecule has 0 saturated heterocycles. The summed E-state index contributed by atoms with van der Waals surface area (Å²) in [4.78, 5) is 4.59. The van der Waals surface area contributed by atoms with Crippen molar-refractivity contribution >= 4 is 6.71 Å². The van der Waals surface area contributed by atoms with Gasteiger partial charge in [0.1, 0.15) is 0 Å². The highest BCUT2D eigenvalue weighted by Gasteiger charge is 2.27. The van der Waals surface area contributed by atoms with Crippen molar-refractivity contribution < 1.29 is 0 Å². The first-order chi connectivity index (χ1) is 6.16. The van der Waals surface area contributed by atoms with Crippen LogP contribution in [0.3, 0.4) is 0 Å². The fraction of sp³-hybridized carbons (Fsp3) is 0.545. The van der Waals surface area contributed by atoms with Crippen LogP contribution >= 0.6 is 0 Å². The third-order valence-electron chi connectivity index (χ3n) is 3.09. The smallest absolute Gasteiger partial charge is 0.153 e. The molecule has 0 atom stereocenters. The maximum Gasteiger partial charge on any atom is 0.153 e. The van der Waals surface area contributed by atoms with Gasteiger partial charge in [-0.2, -0.15) is 0 Å². The molecule has 0 amide bonds. The Kier molecular flexibility index (Phi) is 2.14. The first-order valence-corrected chi connectivity index (χ1v) is 5.12. The van der Waals surface area contributed by atoms with Crippen LogP contribution in [0.5, 0.6) is 0 Å². The minimum absolute atomic E-state index is 0.787. The highest BCUT2D eigenvalue weighted by atomic mass is 14.7. The van der Waals surface area contributed by atoms with Crippen LogP contribution in [-0.2, 0) is 12.6 Å². The standard InChI is InChI=1S/C11H16BN/c1-8(2)12-6-10-5-4-9(3)13-11(10)7-12/h4-5,8H,6-7H2,1-3H3. The number of aromatic nitrogens is 1. The Morgan fingerprint density at radius 1 is 1.31 bits per heavy atom. The highest BCUT2D eigenvalue weighted by molar-refractivity contribution is 6.60. The van der Waals surface area contributed by atoms with E-state index in [-0.39, 0.29) is 0 Å². The van der Waals surface area contributed by atoms with Crippen LogP contribution in [0.15, 0.2) is 12.1 Å². The van der Waals surface area contributed by atoms with E-state index in [2.05, 4.69) is 37.9 Å². The van der Waals surface area contributed by atoms with Crippen molar-refractivity contribution in [2.24, 2.45) is 0 Å². The van der Waals surface area contributed by atoms with Crippen LogP contribution in [-0.4, -0.2) is 11.7 Å². The van der Waals surface area contributed by atoms with Gasteiger partial charge in [0, 0.05) is 11.4 Å². The summed E-state index contributed by atoms with van der Waals surface area (Å²) in [5, 5.41) is 0. The molecule has 0 bridgehead atoms. The van der Waals surface area contributed by atoms with Crippen LogP contribution < -0.4 is 0 Å². The number of aryl methyl sites for hydroxylation is 1. The summed E-state index contributed by atoms with van der Waals surface area (Å²) < 4.78 is 0. The Balaban J connectivity index is 2.25. The molecule has 1 aromatic heterocycles. The molecular weight excluding hydrogens is 157 g/mol. The fourth-order valence-corrected chi connectivity index (χ4v) is 2.08. The monoisotopic (exact) mass is 173 g/mol. The van der Waals surface area contributed by atoms with Crippen LogP contribution in [0.1, 0.15) is 30.8 Å². The van der Waals surface area contributed by atoms with Gasteiger partial charge in [-0.05, 0) is 31.2 Å². The van der Waals surface area contributed by atoms with Gasteiger partial charge in [0.05, 0.1) is 0 Å². The van der Waals surface area contributed by atoms with E-state index in [1.54, 1.807) is 0 Å². The molecule has 2 heterocycles. The summed E-state index contributed by atoms with van der Waals surface area (Å²) in [5.41, 5.74) is 3.98. The summed E-state index contributed by atoms with van der Waals surface area (Å²) in [6.07, 6.45) is 2.43. The molecule has 0 saturated carbocycles. The number of hydrogen-bond donors (Lipinski definition) is 0. The van der Waals surface area contributed by atoms with Gasteiger partial charge in [-0.15, -0.1) is 0 Å². The molecule has 0 radical (unpaired) electrons. The van der Waals surface area contributed by atoms with Crippen molar-refractivity contribution in [3.63, 3.8) is 0 Å². The third-order valence-corrected chi connectivity index (χ3v) is 3.09. The molecular formula is C11H16BN. The zero-order valence-electron chi connectivity index (χ0n) is 8.67. The minimum atomic E-state index is 0.787. The molecule has 0 fully saturated rings. The zero-order valence-corrected chi connectivity index (χ0v) is 8.67. The summed E-state index contributed by atoms with van der Waals surface area (Å²) in [6, 6.07) is 4.38. The van der Waals surface area contributed by atoms with Gasteiger partial charge in [0.15, 0.2) is 6.71 Å². The van der Waals surface area contributed by atoms with Gasteiger partial charge < -0.3 is 0 Å². The minimum Gasteiger partial charge on any atom is -0.259 e. The Hall–Kier alpha value is -0.785. The van der Waals surface area contributed by atoms with Crippen molar-refractivity contribution in [1.82, 2.24) is 4.98 Å². The van der Waals surface area contributed by atoms with E-state index in [0.717, 1.165) is 18.2 Å². The molecule has 2 heteroatoms. The molecule has 2 rings (SSSR count). The van der Waals surface area contributed by atoms with Crippen molar-refractivity contribution in [2.75, 3.05) is 0 Å². The number of hydrogen-bond acceptors (Lipinski definition) is 1. The molecule has 1 aromatic rings. The normalized spacial score (nSPS) is 15.2. The molecule has 1 aliphatic heterocycles. The first kappa shape index (κ1) is 8.80. The van der Waals surface area contributed by atoms with Crippen LogP contribution in [0.4, 0.5) is 0 Å². The van der Waals surface area contributed by atoms with Gasteiger partial charge in [-0.25, -0.2) is 0 Å². The Morgan fingerprint density at radius 2 is 2.08 bits per heavy atom. The van der Waals surface area contributed by atoms with Gasteiger partial charge in [0.2, 0.25) is 0 Å². The average Bonchev–Trinajstić information content (AvgIpc) is 2.46. The van der Waals surface area contributed by atoms with Gasteiger partial charge in [-0.3, -0.25) is 4.98 Å². The van der Waals surface area contributed by atoms with E-state index in [0.29, 0.717) is 0 Å². The quantitative estimate of drug-likeness (QED) is 0.594. The summed E-state index contributed by atoms with van der Waals surface area (Å²) in [6.45, 7) is 7.51. The molecule has 68 valence electrons. The molecule has 13 heavy (non-hydrogen) atoms. The van der Waals surface area contributed by atoms with E-state index in [4.69, 9.17) is 0 Å². The zero-order chi connectivity index (χ0) is 9.42. The Bertz CT molecular complexity index is 320. The van der Waals surface area contributed by atoms with Crippen LogP contribution in [0.25, 0.3) is 0 Å². The lowest BCUT2D eigenvalue weighted by Crippen LogP contribution is -2.17. The number of rotatable bonds is 1. The SMILES string of the molecule is Cc1ccc2c(n1)CB(C(C)C)C2. The van der Waals surface area contributed by atoms with E-state index >= 15 is 0 Å². The van der Waals surface area contributed by atoms with Crippen LogP contribution in [0.2, 0.25) is 5.82 Å². The lowest BCUT2D eigenvalue weighted by molar-refractivity contribution is 1.01.